The number of fused-ring (bicyclic) bond motifs is 2. The first kappa shape index (κ1) is 15.0. The first-order chi connectivity index (χ1) is 9.56. The van der Waals surface area contributed by atoms with Crippen molar-refractivity contribution in [3.8, 4) is 0 Å². The number of allylic oxidation sites excluding steroid dienone is 2. The van der Waals surface area contributed by atoms with E-state index < -0.39 is 12.0 Å². The summed E-state index contributed by atoms with van der Waals surface area (Å²) in [5.74, 6) is 0.997. The fourth-order valence-corrected chi connectivity index (χ4v) is 3.28. The number of carboxylic acids is 1. The summed E-state index contributed by atoms with van der Waals surface area (Å²) in [7, 11) is 0. The number of unbranched alkanes of at least 4 members (excludes halogenated alkanes) is 1. The average Bonchev–Trinajstić information content (AvgIpc) is 3.00. The predicted octanol–water partition coefficient (Wildman–Crippen LogP) is 1.29. The van der Waals surface area contributed by atoms with E-state index in [1.54, 1.807) is 0 Å². The van der Waals surface area contributed by atoms with Gasteiger partial charge in [0.2, 0.25) is 5.91 Å². The Balaban J connectivity index is 1.53. The highest BCUT2D eigenvalue weighted by Crippen LogP contribution is 2.44. The lowest BCUT2D eigenvalue weighted by Gasteiger charge is -2.17. The van der Waals surface area contributed by atoms with Gasteiger partial charge in [-0.25, -0.2) is 0 Å². The Kier molecular flexibility index (Phi) is 5.17. The topological polar surface area (TPSA) is 92.4 Å². The number of hydrogen-bond donors (Lipinski definition) is 3. The van der Waals surface area contributed by atoms with E-state index in [2.05, 4.69) is 17.5 Å². The van der Waals surface area contributed by atoms with Gasteiger partial charge in [-0.05, 0) is 49.9 Å². The van der Waals surface area contributed by atoms with Crippen molar-refractivity contribution in [3.05, 3.63) is 12.2 Å². The number of nitrogens with two attached hydrogens (primary N) is 1. The van der Waals surface area contributed by atoms with E-state index in [-0.39, 0.29) is 5.91 Å². The Morgan fingerprint density at radius 3 is 2.70 bits per heavy atom. The van der Waals surface area contributed by atoms with Gasteiger partial charge in [0.25, 0.3) is 0 Å². The molecule has 2 rings (SSSR count). The first-order valence-corrected chi connectivity index (χ1v) is 7.49. The number of amides is 1. The van der Waals surface area contributed by atoms with E-state index >= 15 is 0 Å². The summed E-state index contributed by atoms with van der Waals surface area (Å²) in [6, 6.07) is -0.786. The highest BCUT2D eigenvalue weighted by atomic mass is 16.4. The zero-order valence-corrected chi connectivity index (χ0v) is 11.8. The predicted molar refractivity (Wildman–Crippen MR) is 75.9 cm³/mol. The van der Waals surface area contributed by atoms with Crippen LogP contribution in [-0.2, 0) is 9.59 Å². The quantitative estimate of drug-likeness (QED) is 0.461. The third kappa shape index (κ3) is 4.07. The Morgan fingerprint density at radius 1 is 1.30 bits per heavy atom. The molecule has 0 saturated heterocycles. The fraction of sp³-hybridized carbons (Fsp3) is 0.733. The van der Waals surface area contributed by atoms with Gasteiger partial charge in [-0.15, -0.1) is 0 Å². The van der Waals surface area contributed by atoms with Gasteiger partial charge in [-0.2, -0.15) is 0 Å². The van der Waals surface area contributed by atoms with Gasteiger partial charge in [-0.1, -0.05) is 12.2 Å². The number of carboxylic acid groups (broad SMARTS) is 1. The number of carbonyl (C=O) groups is 2. The molecule has 20 heavy (non-hydrogen) atoms. The van der Waals surface area contributed by atoms with E-state index in [0.29, 0.717) is 37.1 Å². The molecule has 0 heterocycles. The minimum Gasteiger partial charge on any atom is -0.480 e. The molecule has 5 nitrogen and oxygen atoms in total. The molecule has 0 spiro atoms. The summed E-state index contributed by atoms with van der Waals surface area (Å²) in [6.07, 6.45) is 9.52. The summed E-state index contributed by atoms with van der Waals surface area (Å²) >= 11 is 0. The van der Waals surface area contributed by atoms with Gasteiger partial charge in [0.1, 0.15) is 6.04 Å². The molecule has 2 bridgehead atoms. The number of carbonyl (C=O) groups excluding carboxylic acids is 1. The van der Waals surface area contributed by atoms with E-state index in [1.807, 2.05) is 0 Å². The summed E-state index contributed by atoms with van der Waals surface area (Å²) in [5.41, 5.74) is 5.41. The summed E-state index contributed by atoms with van der Waals surface area (Å²) < 4.78 is 0. The van der Waals surface area contributed by atoms with Crippen molar-refractivity contribution in [1.29, 1.82) is 0 Å². The largest absolute Gasteiger partial charge is 0.480 e. The second-order valence-corrected chi connectivity index (χ2v) is 6.03. The van der Waals surface area contributed by atoms with Crippen LogP contribution in [-0.4, -0.2) is 29.6 Å². The summed E-state index contributed by atoms with van der Waals surface area (Å²) in [5, 5.41) is 11.6. The molecule has 1 saturated carbocycles. The molecule has 3 unspecified atom stereocenters. The minimum atomic E-state index is -0.960. The molecule has 0 aromatic carbocycles. The van der Waals surface area contributed by atoms with Crippen molar-refractivity contribution in [2.24, 2.45) is 23.5 Å². The Hall–Kier alpha value is -1.36. The highest BCUT2D eigenvalue weighted by molar-refractivity contribution is 5.76. The zero-order valence-electron chi connectivity index (χ0n) is 11.8. The molecule has 0 aliphatic heterocycles. The molecule has 5 heteroatoms. The maximum atomic E-state index is 11.8. The molecule has 2 aliphatic rings. The molecule has 4 N–H and O–H groups in total. The van der Waals surface area contributed by atoms with E-state index in [4.69, 9.17) is 10.8 Å². The fourth-order valence-electron chi connectivity index (χ4n) is 3.28. The Morgan fingerprint density at radius 2 is 2.10 bits per heavy atom. The molecule has 4 atom stereocenters. The van der Waals surface area contributed by atoms with Crippen LogP contribution in [0.25, 0.3) is 0 Å². The summed E-state index contributed by atoms with van der Waals surface area (Å²) in [6.45, 7) is 0.613. The van der Waals surface area contributed by atoms with Crippen LogP contribution >= 0.6 is 0 Å². The lowest BCUT2D eigenvalue weighted by atomic mass is 9.90. The van der Waals surface area contributed by atoms with Crippen molar-refractivity contribution < 1.29 is 14.7 Å². The van der Waals surface area contributed by atoms with Gasteiger partial charge in [-0.3, -0.25) is 9.59 Å². The van der Waals surface area contributed by atoms with Crippen LogP contribution in [0.15, 0.2) is 12.2 Å². The molecule has 1 amide bonds. The second-order valence-electron chi connectivity index (χ2n) is 6.03. The molecule has 2 aliphatic carbocycles. The number of rotatable bonds is 8. The highest BCUT2D eigenvalue weighted by Gasteiger charge is 2.36. The SMILES string of the molecule is N[C@@H](CCCCNC(=O)CC1CC2C=CC1C2)C(=O)O. The van der Waals surface area contributed by atoms with Crippen LogP contribution in [0.4, 0.5) is 0 Å². The number of nitrogens with one attached hydrogen (secondary N) is 1. The van der Waals surface area contributed by atoms with Crippen molar-refractivity contribution in [1.82, 2.24) is 5.32 Å². The van der Waals surface area contributed by atoms with Crippen LogP contribution in [0.5, 0.6) is 0 Å². The van der Waals surface area contributed by atoms with Crippen LogP contribution in [0.2, 0.25) is 0 Å². The van der Waals surface area contributed by atoms with E-state index in [0.717, 1.165) is 19.3 Å². The first-order valence-electron chi connectivity index (χ1n) is 7.49. The third-order valence-electron chi connectivity index (χ3n) is 4.45. The van der Waals surface area contributed by atoms with Crippen molar-refractivity contribution in [3.63, 3.8) is 0 Å². The monoisotopic (exact) mass is 280 g/mol. The van der Waals surface area contributed by atoms with Gasteiger partial charge >= 0.3 is 5.97 Å². The molecule has 0 radical (unpaired) electrons. The van der Waals surface area contributed by atoms with Crippen LogP contribution in [0.3, 0.4) is 0 Å². The molecular formula is C15H24N2O3. The maximum Gasteiger partial charge on any atom is 0.320 e. The smallest absolute Gasteiger partial charge is 0.320 e. The maximum absolute atomic E-state index is 11.8. The molecular weight excluding hydrogens is 256 g/mol. The van der Waals surface area contributed by atoms with E-state index in [1.165, 1.54) is 6.42 Å². The van der Waals surface area contributed by atoms with Crippen molar-refractivity contribution in [2.75, 3.05) is 6.54 Å². The molecule has 0 aromatic rings. The Labute approximate surface area is 119 Å². The van der Waals surface area contributed by atoms with Crippen LogP contribution in [0, 0.1) is 17.8 Å². The van der Waals surface area contributed by atoms with E-state index in [9.17, 15) is 9.59 Å². The normalized spacial score (nSPS) is 28.6. The molecule has 1 fully saturated rings. The average molecular weight is 280 g/mol. The molecule has 112 valence electrons. The second kappa shape index (κ2) is 6.88. The van der Waals surface area contributed by atoms with Crippen LogP contribution < -0.4 is 11.1 Å². The number of aliphatic carboxylic acids is 1. The van der Waals surface area contributed by atoms with Crippen LogP contribution in [0.1, 0.15) is 38.5 Å². The minimum absolute atomic E-state index is 0.124. The van der Waals surface area contributed by atoms with Gasteiger partial charge in [0, 0.05) is 13.0 Å². The van der Waals surface area contributed by atoms with Crippen molar-refractivity contribution in [2.45, 2.75) is 44.6 Å². The Bertz CT molecular complexity index is 395. The van der Waals surface area contributed by atoms with Crippen molar-refractivity contribution >= 4 is 11.9 Å². The lowest BCUT2D eigenvalue weighted by Crippen LogP contribution is -2.30. The third-order valence-corrected chi connectivity index (χ3v) is 4.45. The van der Waals surface area contributed by atoms with Gasteiger partial charge < -0.3 is 16.2 Å². The summed E-state index contributed by atoms with van der Waals surface area (Å²) in [4.78, 5) is 22.4. The molecule has 0 aromatic heterocycles. The van der Waals surface area contributed by atoms with Gasteiger partial charge in [0.05, 0.1) is 0 Å². The number of hydrogen-bond acceptors (Lipinski definition) is 3. The van der Waals surface area contributed by atoms with Gasteiger partial charge in [0.15, 0.2) is 0 Å². The standard InChI is InChI=1S/C15H24N2O3/c16-13(15(19)20)3-1-2-6-17-14(18)9-12-8-10-4-5-11(12)7-10/h4-5,10-13H,1-3,6-9,16H2,(H,17,18)(H,19,20)/t10?,11?,12?,13-/m0/s1. The zero-order chi connectivity index (χ0) is 14.5. The lowest BCUT2D eigenvalue weighted by molar-refractivity contribution is -0.138.